The Kier molecular flexibility index (Phi) is 0.943. The molecule has 2 heteroatoms. The zero-order valence-electron chi connectivity index (χ0n) is 5.21. The van der Waals surface area contributed by atoms with Gasteiger partial charge in [-0.1, -0.05) is 0 Å². The molecular weight excluding hydrogens is 116 g/mol. The quantitative estimate of drug-likeness (QED) is 0.508. The van der Waals surface area contributed by atoms with Gasteiger partial charge >= 0.3 is 0 Å². The molecule has 0 spiro atoms. The first-order chi connectivity index (χ1) is 4.29. The predicted molar refractivity (Wildman–Crippen MR) is 31.8 cm³/mol. The fourth-order valence-electron chi connectivity index (χ4n) is 1.70. The van der Waals surface area contributed by atoms with Crippen molar-refractivity contribution < 1.29 is 9.90 Å². The monoisotopic (exact) mass is 126 g/mol. The Morgan fingerprint density at radius 1 is 1.56 bits per heavy atom. The van der Waals surface area contributed by atoms with Crippen molar-refractivity contribution in [2.24, 2.45) is 11.8 Å². The van der Waals surface area contributed by atoms with Crippen LogP contribution in [0, 0.1) is 11.8 Å². The lowest BCUT2D eigenvalue weighted by molar-refractivity contribution is -0.123. The molecule has 0 aromatic heterocycles. The second kappa shape index (κ2) is 1.57. The zero-order chi connectivity index (χ0) is 6.43. The fraction of sp³-hybridized carbons (Fsp3) is 0.857. The number of carbonyl (C=O) groups is 1. The van der Waals surface area contributed by atoms with Crippen molar-refractivity contribution in [1.82, 2.24) is 0 Å². The molecule has 0 radical (unpaired) electrons. The van der Waals surface area contributed by atoms with Crippen molar-refractivity contribution in [2.75, 3.05) is 0 Å². The van der Waals surface area contributed by atoms with E-state index in [1.54, 1.807) is 0 Å². The molecule has 0 heterocycles. The molecular formula is C7H10O2. The van der Waals surface area contributed by atoms with E-state index in [-0.39, 0.29) is 12.0 Å². The van der Waals surface area contributed by atoms with Crippen LogP contribution < -0.4 is 0 Å². The van der Waals surface area contributed by atoms with Crippen LogP contribution in [0.3, 0.4) is 0 Å². The van der Waals surface area contributed by atoms with Gasteiger partial charge in [0.15, 0.2) is 0 Å². The van der Waals surface area contributed by atoms with Crippen LogP contribution in [0.15, 0.2) is 0 Å². The summed E-state index contributed by atoms with van der Waals surface area (Å²) in [4.78, 5) is 10.9. The average Bonchev–Trinajstić information content (AvgIpc) is 2.57. The molecule has 0 bridgehead atoms. The maximum absolute atomic E-state index is 10.9. The summed E-state index contributed by atoms with van der Waals surface area (Å²) in [5.74, 6) is 0.991. The molecule has 2 aliphatic rings. The second-order valence-corrected chi connectivity index (χ2v) is 3.08. The van der Waals surface area contributed by atoms with Gasteiger partial charge in [0.2, 0.25) is 0 Å². The van der Waals surface area contributed by atoms with Crippen molar-refractivity contribution >= 4 is 5.78 Å². The first-order valence-corrected chi connectivity index (χ1v) is 3.50. The van der Waals surface area contributed by atoms with Gasteiger partial charge in [0.05, 0.1) is 6.10 Å². The lowest BCUT2D eigenvalue weighted by atomic mass is 9.97. The highest BCUT2D eigenvalue weighted by atomic mass is 16.3. The summed E-state index contributed by atoms with van der Waals surface area (Å²) >= 11 is 0. The Balaban J connectivity index is 2.08. The van der Waals surface area contributed by atoms with Crippen LogP contribution >= 0.6 is 0 Å². The molecule has 0 saturated heterocycles. The average molecular weight is 126 g/mol. The first-order valence-electron chi connectivity index (χ1n) is 3.50. The van der Waals surface area contributed by atoms with E-state index in [1.165, 1.54) is 0 Å². The highest BCUT2D eigenvalue weighted by Gasteiger charge is 2.49. The van der Waals surface area contributed by atoms with Gasteiger partial charge in [-0.3, -0.25) is 4.79 Å². The second-order valence-electron chi connectivity index (χ2n) is 3.08. The van der Waals surface area contributed by atoms with E-state index in [9.17, 15) is 9.90 Å². The summed E-state index contributed by atoms with van der Waals surface area (Å²) in [7, 11) is 0. The smallest absolute Gasteiger partial charge is 0.136 e. The molecule has 2 rings (SSSR count). The molecule has 9 heavy (non-hydrogen) atoms. The largest absolute Gasteiger partial charge is 0.393 e. The summed E-state index contributed by atoms with van der Waals surface area (Å²) in [6.45, 7) is 0. The highest BCUT2D eigenvalue weighted by Crippen LogP contribution is 2.47. The third kappa shape index (κ3) is 0.697. The lowest BCUT2D eigenvalue weighted by Gasteiger charge is -2.13. The first kappa shape index (κ1) is 5.42. The van der Waals surface area contributed by atoms with Crippen LogP contribution in [-0.2, 0) is 4.79 Å². The number of fused-ring (bicyclic) bond motifs is 1. The number of rotatable bonds is 0. The summed E-state index contributed by atoms with van der Waals surface area (Å²) in [6, 6.07) is 0. The molecule has 2 nitrogen and oxygen atoms in total. The van der Waals surface area contributed by atoms with E-state index in [2.05, 4.69) is 0 Å². The van der Waals surface area contributed by atoms with Gasteiger partial charge in [0.1, 0.15) is 5.78 Å². The number of Topliss-reactive ketones (excluding diaryl/α,β-unsaturated/α-hetero) is 1. The van der Waals surface area contributed by atoms with Crippen LogP contribution in [0.1, 0.15) is 19.3 Å². The van der Waals surface area contributed by atoms with Gasteiger partial charge in [-0.2, -0.15) is 0 Å². The van der Waals surface area contributed by atoms with Gasteiger partial charge in [-0.25, -0.2) is 0 Å². The van der Waals surface area contributed by atoms with Gasteiger partial charge in [-0.05, 0) is 18.8 Å². The molecule has 2 fully saturated rings. The Morgan fingerprint density at radius 2 is 2.33 bits per heavy atom. The van der Waals surface area contributed by atoms with E-state index in [0.717, 1.165) is 6.42 Å². The van der Waals surface area contributed by atoms with E-state index in [0.29, 0.717) is 24.5 Å². The van der Waals surface area contributed by atoms with E-state index in [4.69, 9.17) is 0 Å². The van der Waals surface area contributed by atoms with Gasteiger partial charge in [0, 0.05) is 12.3 Å². The van der Waals surface area contributed by atoms with Gasteiger partial charge in [0.25, 0.3) is 0 Å². The molecule has 2 saturated carbocycles. The van der Waals surface area contributed by atoms with Crippen LogP contribution in [0.2, 0.25) is 0 Å². The standard InChI is InChI=1S/C7H10O2/c8-6-1-2-7(9)5-3-4(5)6/h4-6,8H,1-3H2/t4-,5+,6+/m1/s1. The number of hydrogen-bond donors (Lipinski definition) is 1. The van der Waals surface area contributed by atoms with E-state index < -0.39 is 0 Å². The van der Waals surface area contributed by atoms with Crippen molar-refractivity contribution in [3.8, 4) is 0 Å². The normalized spacial score (nSPS) is 48.6. The predicted octanol–water partition coefficient (Wildman–Crippen LogP) is 0.346. The van der Waals surface area contributed by atoms with Crippen LogP contribution in [0.25, 0.3) is 0 Å². The third-order valence-corrected chi connectivity index (χ3v) is 2.43. The van der Waals surface area contributed by atoms with Crippen molar-refractivity contribution in [1.29, 1.82) is 0 Å². The van der Waals surface area contributed by atoms with Crippen LogP contribution in [0.4, 0.5) is 0 Å². The molecule has 0 unspecified atom stereocenters. The highest BCUT2D eigenvalue weighted by molar-refractivity contribution is 5.84. The number of ketones is 1. The molecule has 3 atom stereocenters. The van der Waals surface area contributed by atoms with Gasteiger partial charge < -0.3 is 5.11 Å². The SMILES string of the molecule is O=C1CC[C@H](O)[C@@H]2C[C@H]12. The van der Waals surface area contributed by atoms with Crippen molar-refractivity contribution in [2.45, 2.75) is 25.4 Å². The summed E-state index contributed by atoms with van der Waals surface area (Å²) in [6.07, 6.45) is 2.12. The number of carbonyl (C=O) groups excluding carboxylic acids is 1. The van der Waals surface area contributed by atoms with E-state index >= 15 is 0 Å². The Hall–Kier alpha value is -0.370. The minimum absolute atomic E-state index is 0.160. The van der Waals surface area contributed by atoms with E-state index in [1.807, 2.05) is 0 Å². The zero-order valence-corrected chi connectivity index (χ0v) is 5.21. The molecule has 1 N–H and O–H groups in total. The Labute approximate surface area is 53.9 Å². The van der Waals surface area contributed by atoms with Crippen LogP contribution in [0.5, 0.6) is 0 Å². The molecule has 0 aromatic carbocycles. The lowest BCUT2D eigenvalue weighted by Crippen LogP contribution is -2.21. The third-order valence-electron chi connectivity index (χ3n) is 2.43. The van der Waals surface area contributed by atoms with Crippen LogP contribution in [-0.4, -0.2) is 17.0 Å². The number of aliphatic hydroxyl groups excluding tert-OH is 1. The van der Waals surface area contributed by atoms with Gasteiger partial charge in [-0.15, -0.1) is 0 Å². The summed E-state index contributed by atoms with van der Waals surface area (Å²) in [5.41, 5.74) is 0. The maximum Gasteiger partial charge on any atom is 0.136 e. The number of hydrogen-bond acceptors (Lipinski definition) is 2. The topological polar surface area (TPSA) is 37.3 Å². The molecule has 2 aliphatic carbocycles. The summed E-state index contributed by atoms with van der Waals surface area (Å²) in [5, 5.41) is 9.18. The number of aliphatic hydroxyl groups is 1. The maximum atomic E-state index is 10.9. The van der Waals surface area contributed by atoms with Crippen molar-refractivity contribution in [3.05, 3.63) is 0 Å². The molecule has 0 aromatic rings. The fourth-order valence-corrected chi connectivity index (χ4v) is 1.70. The minimum Gasteiger partial charge on any atom is -0.393 e. The Morgan fingerprint density at radius 3 is 3.00 bits per heavy atom. The molecule has 50 valence electrons. The summed E-state index contributed by atoms with van der Waals surface area (Å²) < 4.78 is 0. The van der Waals surface area contributed by atoms with Crippen molar-refractivity contribution in [3.63, 3.8) is 0 Å². The molecule has 0 amide bonds. The minimum atomic E-state index is -0.160. The molecule has 0 aliphatic heterocycles. The Bertz CT molecular complexity index is 153.